The molecule has 1 amide bonds. The first-order chi connectivity index (χ1) is 11.0. The van der Waals surface area contributed by atoms with Crippen molar-refractivity contribution in [2.45, 2.75) is 25.0 Å². The van der Waals surface area contributed by atoms with Gasteiger partial charge >= 0.3 is 5.97 Å². The van der Waals surface area contributed by atoms with Gasteiger partial charge in [-0.3, -0.25) is 4.79 Å². The van der Waals surface area contributed by atoms with Crippen LogP contribution < -0.4 is 5.32 Å². The Kier molecular flexibility index (Phi) is 4.90. The number of halogens is 2. The number of nitrogens with one attached hydrogen (secondary N) is 1. The molecule has 1 saturated carbocycles. The first kappa shape index (κ1) is 16.3. The van der Waals surface area contributed by atoms with Crippen LogP contribution in [0.5, 0.6) is 0 Å². The predicted octanol–water partition coefficient (Wildman–Crippen LogP) is 4.23. The molecule has 1 fully saturated rings. The zero-order valence-corrected chi connectivity index (χ0v) is 14.3. The molecule has 3 rings (SSSR count). The van der Waals surface area contributed by atoms with Gasteiger partial charge in [-0.05, 0) is 18.9 Å². The van der Waals surface area contributed by atoms with Crippen molar-refractivity contribution in [1.82, 2.24) is 5.32 Å². The highest BCUT2D eigenvalue weighted by Gasteiger charge is 2.31. The van der Waals surface area contributed by atoms with Crippen molar-refractivity contribution >= 4 is 46.4 Å². The molecule has 2 aromatic rings. The highest BCUT2D eigenvalue weighted by molar-refractivity contribution is 7.20. The zero-order chi connectivity index (χ0) is 16.4. The molecular weight excluding hydrogens is 357 g/mol. The molecule has 1 aromatic carbocycles. The minimum atomic E-state index is -1.01. The minimum Gasteiger partial charge on any atom is -0.444 e. The van der Waals surface area contributed by atoms with Crippen molar-refractivity contribution in [3.8, 4) is 0 Å². The maximum atomic E-state index is 12.4. The summed E-state index contributed by atoms with van der Waals surface area (Å²) in [5.41, 5.74) is 0.776. The number of esters is 1. The molecule has 0 saturated heterocycles. The molecule has 1 aromatic heterocycles. The van der Waals surface area contributed by atoms with Crippen LogP contribution in [0, 0.1) is 0 Å². The smallest absolute Gasteiger partial charge is 0.341 e. The normalized spacial score (nSPS) is 15.0. The van der Waals surface area contributed by atoms with Crippen LogP contribution in [0.2, 0.25) is 8.67 Å². The van der Waals surface area contributed by atoms with Crippen LogP contribution >= 0.6 is 34.5 Å². The van der Waals surface area contributed by atoms with Gasteiger partial charge in [0.15, 0.2) is 0 Å². The van der Waals surface area contributed by atoms with Gasteiger partial charge in [-0.15, -0.1) is 11.3 Å². The molecule has 0 radical (unpaired) electrons. The van der Waals surface area contributed by atoms with E-state index in [0.29, 0.717) is 9.90 Å². The Bertz CT molecular complexity index is 728. The third-order valence-corrected chi connectivity index (χ3v) is 4.85. The summed E-state index contributed by atoms with van der Waals surface area (Å²) in [7, 11) is 0. The Morgan fingerprint density at radius 2 is 1.91 bits per heavy atom. The molecule has 4 nitrogen and oxygen atoms in total. The number of hydrogen-bond donors (Lipinski definition) is 1. The summed E-state index contributed by atoms with van der Waals surface area (Å²) < 4.78 is 6.05. The van der Waals surface area contributed by atoms with Crippen LogP contribution in [0.3, 0.4) is 0 Å². The average molecular weight is 370 g/mol. The lowest BCUT2D eigenvalue weighted by molar-refractivity contribution is -0.130. The summed E-state index contributed by atoms with van der Waals surface area (Å²) in [6.07, 6.45) is 0.888. The van der Waals surface area contributed by atoms with Gasteiger partial charge in [0, 0.05) is 11.6 Å². The Balaban J connectivity index is 1.81. The maximum absolute atomic E-state index is 12.4. The SMILES string of the molecule is O=C(OC(C(=O)NC1CC1)c1ccccc1)c1cc(Cl)sc1Cl. The van der Waals surface area contributed by atoms with Gasteiger partial charge in [0.2, 0.25) is 6.10 Å². The Labute approximate surface area is 147 Å². The molecule has 120 valence electrons. The third kappa shape index (κ3) is 4.05. The van der Waals surface area contributed by atoms with E-state index in [1.807, 2.05) is 6.07 Å². The van der Waals surface area contributed by atoms with Crippen LogP contribution in [0.4, 0.5) is 0 Å². The van der Waals surface area contributed by atoms with E-state index < -0.39 is 12.1 Å². The van der Waals surface area contributed by atoms with E-state index in [-0.39, 0.29) is 21.8 Å². The zero-order valence-electron chi connectivity index (χ0n) is 11.9. The van der Waals surface area contributed by atoms with Gasteiger partial charge in [0.1, 0.15) is 4.34 Å². The summed E-state index contributed by atoms with van der Waals surface area (Å²) in [6.45, 7) is 0. The van der Waals surface area contributed by atoms with Crippen LogP contribution in [0.15, 0.2) is 36.4 Å². The first-order valence-corrected chi connectivity index (χ1v) is 8.63. The van der Waals surface area contributed by atoms with Gasteiger partial charge in [-0.1, -0.05) is 53.5 Å². The number of rotatable bonds is 5. The predicted molar refractivity (Wildman–Crippen MR) is 90.1 cm³/mol. The van der Waals surface area contributed by atoms with Gasteiger partial charge in [-0.25, -0.2) is 4.79 Å². The average Bonchev–Trinajstić information content (AvgIpc) is 3.27. The van der Waals surface area contributed by atoms with E-state index in [0.717, 1.165) is 24.2 Å². The van der Waals surface area contributed by atoms with Gasteiger partial charge in [0.25, 0.3) is 5.91 Å². The molecule has 0 spiro atoms. The molecule has 1 aliphatic carbocycles. The minimum absolute atomic E-state index is 0.168. The molecule has 1 N–H and O–H groups in total. The van der Waals surface area contributed by atoms with Crippen molar-refractivity contribution in [3.05, 3.63) is 56.2 Å². The molecule has 1 unspecified atom stereocenters. The fourth-order valence-electron chi connectivity index (χ4n) is 2.06. The maximum Gasteiger partial charge on any atom is 0.341 e. The number of carbonyl (C=O) groups is 2. The Morgan fingerprint density at radius 1 is 1.22 bits per heavy atom. The molecule has 1 atom stereocenters. The number of thiophene rings is 1. The molecule has 1 heterocycles. The fraction of sp³-hybridized carbons (Fsp3) is 0.250. The first-order valence-electron chi connectivity index (χ1n) is 7.05. The number of carbonyl (C=O) groups excluding carboxylic acids is 2. The Hall–Kier alpha value is -1.56. The highest BCUT2D eigenvalue weighted by Crippen LogP contribution is 2.33. The summed E-state index contributed by atoms with van der Waals surface area (Å²) in [5, 5.41) is 2.86. The second kappa shape index (κ2) is 6.91. The molecular formula is C16H13Cl2NO3S. The van der Waals surface area contributed by atoms with Crippen molar-refractivity contribution in [1.29, 1.82) is 0 Å². The summed E-state index contributed by atoms with van der Waals surface area (Å²) in [5.74, 6) is -0.998. The van der Waals surface area contributed by atoms with E-state index >= 15 is 0 Å². The van der Waals surface area contributed by atoms with Crippen LogP contribution in [0.1, 0.15) is 34.9 Å². The van der Waals surface area contributed by atoms with Crippen molar-refractivity contribution in [2.75, 3.05) is 0 Å². The molecule has 1 aliphatic rings. The van der Waals surface area contributed by atoms with Crippen molar-refractivity contribution in [3.63, 3.8) is 0 Å². The van der Waals surface area contributed by atoms with Crippen molar-refractivity contribution in [2.24, 2.45) is 0 Å². The summed E-state index contributed by atoms with van der Waals surface area (Å²) in [4.78, 5) is 24.7. The lowest BCUT2D eigenvalue weighted by Crippen LogP contribution is -2.33. The largest absolute Gasteiger partial charge is 0.444 e. The second-order valence-corrected chi connectivity index (χ2v) is 7.50. The quantitative estimate of drug-likeness (QED) is 0.802. The number of amides is 1. The van der Waals surface area contributed by atoms with Crippen LogP contribution in [0.25, 0.3) is 0 Å². The molecule has 0 bridgehead atoms. The summed E-state index contributed by atoms with van der Waals surface area (Å²) in [6, 6.07) is 10.5. The fourth-order valence-corrected chi connectivity index (χ4v) is 3.50. The third-order valence-electron chi connectivity index (χ3n) is 3.37. The van der Waals surface area contributed by atoms with Gasteiger partial charge < -0.3 is 10.1 Å². The van der Waals surface area contributed by atoms with Crippen LogP contribution in [-0.2, 0) is 9.53 Å². The van der Waals surface area contributed by atoms with E-state index in [2.05, 4.69) is 5.32 Å². The van der Waals surface area contributed by atoms with E-state index in [9.17, 15) is 9.59 Å². The number of benzene rings is 1. The standard InChI is InChI=1S/C16H13Cl2NO3S/c17-12-8-11(14(18)23-12)16(21)22-13(9-4-2-1-3-5-9)15(20)19-10-6-7-10/h1-5,8,10,13H,6-7H2,(H,19,20). The number of ether oxygens (including phenoxy) is 1. The van der Waals surface area contributed by atoms with Crippen molar-refractivity contribution < 1.29 is 14.3 Å². The monoisotopic (exact) mass is 369 g/mol. The molecule has 0 aliphatic heterocycles. The molecule has 23 heavy (non-hydrogen) atoms. The van der Waals surface area contributed by atoms with Crippen LogP contribution in [-0.4, -0.2) is 17.9 Å². The summed E-state index contributed by atoms with van der Waals surface area (Å²) >= 11 is 12.9. The van der Waals surface area contributed by atoms with Gasteiger partial charge in [0.05, 0.1) is 9.90 Å². The lowest BCUT2D eigenvalue weighted by atomic mass is 10.1. The molecule has 7 heteroatoms. The van der Waals surface area contributed by atoms with Gasteiger partial charge in [-0.2, -0.15) is 0 Å². The lowest BCUT2D eigenvalue weighted by Gasteiger charge is -2.17. The van der Waals surface area contributed by atoms with E-state index in [1.165, 1.54) is 6.07 Å². The van der Waals surface area contributed by atoms with E-state index in [4.69, 9.17) is 27.9 Å². The number of hydrogen-bond acceptors (Lipinski definition) is 4. The Morgan fingerprint density at radius 3 is 2.48 bits per heavy atom. The highest BCUT2D eigenvalue weighted by atomic mass is 35.5. The van der Waals surface area contributed by atoms with E-state index in [1.54, 1.807) is 24.3 Å². The second-order valence-electron chi connectivity index (χ2n) is 5.22. The topological polar surface area (TPSA) is 55.4 Å².